The number of nitrogens with one attached hydrogen (secondary N) is 2. The summed E-state index contributed by atoms with van der Waals surface area (Å²) in [7, 11) is 1.61. The first kappa shape index (κ1) is 19.8. The molecule has 2 N–H and O–H groups in total. The number of aromatic nitrogens is 1. The maximum absolute atomic E-state index is 13.2. The van der Waals surface area contributed by atoms with Crippen molar-refractivity contribution < 1.29 is 13.9 Å². The third-order valence-corrected chi connectivity index (χ3v) is 5.21. The Bertz CT molecular complexity index is 910. The van der Waals surface area contributed by atoms with Gasteiger partial charge in [0.05, 0.1) is 19.7 Å². The molecule has 0 unspecified atom stereocenters. The Morgan fingerprint density at radius 1 is 1.18 bits per heavy atom. The van der Waals surface area contributed by atoms with Crippen LogP contribution in [0.4, 0.5) is 9.18 Å². The lowest BCUT2D eigenvalue weighted by atomic mass is 9.99. The molecule has 0 fully saturated rings. The molecule has 0 radical (unpaired) electrons. The minimum Gasteiger partial charge on any atom is -0.497 e. The lowest BCUT2D eigenvalue weighted by molar-refractivity contribution is 0.236. The third-order valence-electron chi connectivity index (χ3n) is 4.24. The number of carbonyl (C=O) groups excluding carboxylic acids is 1. The Kier molecular flexibility index (Phi) is 6.60. The lowest BCUT2D eigenvalue weighted by Crippen LogP contribution is -2.38. The highest BCUT2D eigenvalue weighted by Gasteiger charge is 2.16. The largest absolute Gasteiger partial charge is 0.497 e. The normalized spacial score (nSPS) is 11.7. The highest BCUT2D eigenvalue weighted by molar-refractivity contribution is 7.09. The van der Waals surface area contributed by atoms with Gasteiger partial charge in [0.25, 0.3) is 0 Å². The average molecular weight is 399 g/mol. The molecule has 0 spiro atoms. The van der Waals surface area contributed by atoms with Crippen molar-refractivity contribution >= 4 is 17.4 Å². The third kappa shape index (κ3) is 5.53. The Balaban J connectivity index is 1.70. The van der Waals surface area contributed by atoms with Crippen molar-refractivity contribution in [3.63, 3.8) is 0 Å². The first-order chi connectivity index (χ1) is 13.5. The fourth-order valence-electron chi connectivity index (χ4n) is 2.79. The van der Waals surface area contributed by atoms with E-state index in [2.05, 4.69) is 15.6 Å². The number of methoxy groups -OCH3 is 1. The second kappa shape index (κ2) is 9.32. The molecule has 2 aromatic carbocycles. The number of nitrogens with zero attached hydrogens (tertiary/aromatic N) is 1. The van der Waals surface area contributed by atoms with Gasteiger partial charge >= 0.3 is 6.03 Å². The van der Waals surface area contributed by atoms with E-state index in [1.807, 2.05) is 36.6 Å². The number of benzene rings is 2. The second-order valence-electron chi connectivity index (χ2n) is 6.37. The van der Waals surface area contributed by atoms with Gasteiger partial charge in [-0.05, 0) is 48.7 Å². The number of thiazole rings is 1. The predicted octanol–water partition coefficient (Wildman–Crippen LogP) is 4.38. The van der Waals surface area contributed by atoms with E-state index in [9.17, 15) is 9.18 Å². The summed E-state index contributed by atoms with van der Waals surface area (Å²) < 4.78 is 18.4. The van der Waals surface area contributed by atoms with Crippen LogP contribution in [0.2, 0.25) is 0 Å². The summed E-state index contributed by atoms with van der Waals surface area (Å²) in [5.74, 6) is 0.460. The molecular weight excluding hydrogens is 377 g/mol. The molecule has 0 saturated heterocycles. The molecule has 1 atom stereocenters. The molecule has 0 aliphatic rings. The maximum atomic E-state index is 13.2. The molecule has 3 rings (SSSR count). The molecule has 146 valence electrons. The van der Waals surface area contributed by atoms with Gasteiger partial charge < -0.3 is 15.4 Å². The van der Waals surface area contributed by atoms with E-state index in [0.29, 0.717) is 13.0 Å². The van der Waals surface area contributed by atoms with Crippen LogP contribution in [0, 0.1) is 12.7 Å². The molecule has 0 saturated carbocycles. The van der Waals surface area contributed by atoms with Crippen molar-refractivity contribution in [2.24, 2.45) is 0 Å². The van der Waals surface area contributed by atoms with Crippen LogP contribution in [0.25, 0.3) is 0 Å². The van der Waals surface area contributed by atoms with Crippen molar-refractivity contribution in [2.75, 3.05) is 7.11 Å². The van der Waals surface area contributed by atoms with Crippen LogP contribution in [0.5, 0.6) is 5.75 Å². The monoisotopic (exact) mass is 399 g/mol. The number of rotatable bonds is 7. The number of hydrogen-bond donors (Lipinski definition) is 2. The Labute approximate surface area is 167 Å². The topological polar surface area (TPSA) is 63.2 Å². The average Bonchev–Trinajstić information content (AvgIpc) is 3.13. The molecule has 5 nitrogen and oxygen atoms in total. The molecule has 0 aliphatic heterocycles. The maximum Gasteiger partial charge on any atom is 0.315 e. The zero-order valence-electron chi connectivity index (χ0n) is 15.7. The van der Waals surface area contributed by atoms with Gasteiger partial charge in [-0.1, -0.05) is 24.3 Å². The molecule has 0 aliphatic carbocycles. The number of halogens is 1. The first-order valence-electron chi connectivity index (χ1n) is 8.87. The quantitative estimate of drug-likeness (QED) is 0.620. The minimum atomic E-state index is -0.283. The summed E-state index contributed by atoms with van der Waals surface area (Å²) in [5, 5.41) is 8.65. The molecule has 0 bridgehead atoms. The van der Waals surface area contributed by atoms with E-state index in [-0.39, 0.29) is 17.9 Å². The van der Waals surface area contributed by atoms with E-state index >= 15 is 0 Å². The zero-order chi connectivity index (χ0) is 19.9. The predicted molar refractivity (Wildman–Crippen MR) is 108 cm³/mol. The second-order valence-corrected chi connectivity index (χ2v) is 7.31. The van der Waals surface area contributed by atoms with Gasteiger partial charge in [-0.2, -0.15) is 0 Å². The highest BCUT2D eigenvalue weighted by atomic mass is 32.1. The summed E-state index contributed by atoms with van der Waals surface area (Å²) in [5.41, 5.74) is 2.80. The minimum absolute atomic E-state index is 0.269. The van der Waals surface area contributed by atoms with Crippen LogP contribution in [0.15, 0.2) is 53.9 Å². The van der Waals surface area contributed by atoms with Gasteiger partial charge in [-0.15, -0.1) is 11.3 Å². The van der Waals surface area contributed by atoms with E-state index in [1.165, 1.54) is 23.5 Å². The molecule has 7 heteroatoms. The van der Waals surface area contributed by atoms with E-state index in [0.717, 1.165) is 27.6 Å². The number of carbonyl (C=O) groups is 1. The Morgan fingerprint density at radius 3 is 2.50 bits per heavy atom. The Hall–Kier alpha value is -2.93. The van der Waals surface area contributed by atoms with Gasteiger partial charge in [-0.25, -0.2) is 14.2 Å². The molecule has 1 heterocycles. The SMILES string of the molecule is COc1ccc([C@@H](Cc2ccc(F)cc2)NC(=O)NCc2nc(C)cs2)cc1. The van der Waals surface area contributed by atoms with Crippen molar-refractivity contribution in [3.05, 3.63) is 81.6 Å². The summed E-state index contributed by atoms with van der Waals surface area (Å²) in [6.07, 6.45) is 0.538. The van der Waals surface area contributed by atoms with Gasteiger partial charge in [-0.3, -0.25) is 0 Å². The van der Waals surface area contributed by atoms with Gasteiger partial charge in [0.1, 0.15) is 16.6 Å². The van der Waals surface area contributed by atoms with Crippen molar-refractivity contribution in [1.82, 2.24) is 15.6 Å². The van der Waals surface area contributed by atoms with E-state index in [1.54, 1.807) is 19.2 Å². The van der Waals surface area contributed by atoms with Gasteiger partial charge in [0, 0.05) is 11.1 Å². The summed E-state index contributed by atoms with van der Waals surface area (Å²) in [4.78, 5) is 16.8. The summed E-state index contributed by atoms with van der Waals surface area (Å²) >= 11 is 1.51. The standard InChI is InChI=1S/C21H22FN3O2S/c1-14-13-28-20(24-14)12-23-21(26)25-19(11-15-3-7-17(22)8-4-15)16-5-9-18(27-2)10-6-16/h3-10,13,19H,11-12H2,1-2H3,(H2,23,25,26)/t19-/m1/s1. The number of urea groups is 1. The zero-order valence-corrected chi connectivity index (χ0v) is 16.6. The molecule has 1 aromatic heterocycles. The number of hydrogen-bond acceptors (Lipinski definition) is 4. The summed E-state index contributed by atoms with van der Waals surface area (Å²) in [6.45, 7) is 2.29. The van der Waals surface area contributed by atoms with Crippen LogP contribution >= 0.6 is 11.3 Å². The van der Waals surface area contributed by atoms with Crippen LogP contribution in [0.3, 0.4) is 0 Å². The number of amides is 2. The van der Waals surface area contributed by atoms with Crippen molar-refractivity contribution in [3.8, 4) is 5.75 Å². The molecular formula is C21H22FN3O2S. The fourth-order valence-corrected chi connectivity index (χ4v) is 3.51. The number of aryl methyl sites for hydroxylation is 1. The van der Waals surface area contributed by atoms with Gasteiger partial charge in [0.2, 0.25) is 0 Å². The molecule has 2 amide bonds. The first-order valence-corrected chi connectivity index (χ1v) is 9.75. The van der Waals surface area contributed by atoms with Crippen LogP contribution in [0.1, 0.15) is 27.9 Å². The molecule has 3 aromatic rings. The van der Waals surface area contributed by atoms with Crippen LogP contribution in [-0.2, 0) is 13.0 Å². The number of ether oxygens (including phenoxy) is 1. The van der Waals surface area contributed by atoms with Gasteiger partial charge in [0.15, 0.2) is 0 Å². The Morgan fingerprint density at radius 2 is 1.89 bits per heavy atom. The molecule has 28 heavy (non-hydrogen) atoms. The van der Waals surface area contributed by atoms with E-state index < -0.39 is 0 Å². The smallest absolute Gasteiger partial charge is 0.315 e. The lowest BCUT2D eigenvalue weighted by Gasteiger charge is -2.20. The van der Waals surface area contributed by atoms with Crippen molar-refractivity contribution in [1.29, 1.82) is 0 Å². The van der Waals surface area contributed by atoms with Crippen LogP contribution < -0.4 is 15.4 Å². The van der Waals surface area contributed by atoms with Crippen LogP contribution in [-0.4, -0.2) is 18.1 Å². The van der Waals surface area contributed by atoms with Crippen molar-refractivity contribution in [2.45, 2.75) is 25.9 Å². The highest BCUT2D eigenvalue weighted by Crippen LogP contribution is 2.22. The van der Waals surface area contributed by atoms with E-state index in [4.69, 9.17) is 4.74 Å². The summed E-state index contributed by atoms with van der Waals surface area (Å²) in [6, 6.07) is 13.3. The fraction of sp³-hybridized carbons (Fsp3) is 0.238.